The second-order valence-corrected chi connectivity index (χ2v) is 8.96. The molecule has 2 amide bonds. The molecule has 0 heterocycles. The fourth-order valence-corrected chi connectivity index (χ4v) is 3.58. The van der Waals surface area contributed by atoms with Crippen LogP contribution in [0.1, 0.15) is 38.1 Å². The molecular formula is C19H26N2O4S2. The van der Waals surface area contributed by atoms with Crippen molar-refractivity contribution in [3.63, 3.8) is 0 Å². The van der Waals surface area contributed by atoms with E-state index in [0.29, 0.717) is 11.3 Å². The first-order valence-electron chi connectivity index (χ1n) is 8.55. The van der Waals surface area contributed by atoms with E-state index in [1.807, 2.05) is 6.07 Å². The van der Waals surface area contributed by atoms with Crippen molar-refractivity contribution in [3.8, 4) is 0 Å². The molecule has 0 aliphatic carbocycles. The summed E-state index contributed by atoms with van der Waals surface area (Å²) in [5, 5.41) is 5.16. The highest BCUT2D eigenvalue weighted by atomic mass is 32.2. The lowest BCUT2D eigenvalue weighted by molar-refractivity contribution is -0.127. The Morgan fingerprint density at radius 1 is 1.04 bits per heavy atom. The van der Waals surface area contributed by atoms with E-state index < -0.39 is 11.5 Å². The second-order valence-electron chi connectivity index (χ2n) is 6.89. The van der Waals surface area contributed by atoms with Gasteiger partial charge in [-0.15, -0.1) is 0 Å². The van der Waals surface area contributed by atoms with Crippen LogP contribution < -0.4 is 10.6 Å². The van der Waals surface area contributed by atoms with E-state index in [9.17, 15) is 19.2 Å². The Kier molecular flexibility index (Phi) is 9.59. The lowest BCUT2D eigenvalue weighted by Crippen LogP contribution is -2.48. The van der Waals surface area contributed by atoms with Gasteiger partial charge in [-0.2, -0.15) is 0 Å². The van der Waals surface area contributed by atoms with Gasteiger partial charge in [0.25, 0.3) is 0 Å². The summed E-state index contributed by atoms with van der Waals surface area (Å²) in [4.78, 5) is 47.7. The summed E-state index contributed by atoms with van der Waals surface area (Å²) in [6.07, 6.45) is 0. The normalized spacial score (nSPS) is 12.1. The molecule has 6 nitrogen and oxygen atoms in total. The summed E-state index contributed by atoms with van der Waals surface area (Å²) in [6.45, 7) is 7.02. The number of thioether (sulfide) groups is 2. The van der Waals surface area contributed by atoms with Crippen LogP contribution in [0.2, 0.25) is 0 Å². The minimum Gasteiger partial charge on any atom is -0.353 e. The van der Waals surface area contributed by atoms with Crippen molar-refractivity contribution in [1.29, 1.82) is 0 Å². The zero-order valence-corrected chi connectivity index (χ0v) is 17.7. The van der Waals surface area contributed by atoms with Crippen molar-refractivity contribution >= 4 is 45.6 Å². The van der Waals surface area contributed by atoms with E-state index in [1.165, 1.54) is 6.92 Å². The number of hydrogen-bond acceptors (Lipinski definition) is 6. The van der Waals surface area contributed by atoms with Gasteiger partial charge < -0.3 is 10.6 Å². The standard InChI is InChI=1S/C19H26N2O4S2/c1-13(22)21-15(12-27-18(25)19(2,3)4)16(23)20-10-11-26-17(24)14-8-6-5-7-9-14/h5-9,15H,10-12H2,1-4H3,(H,20,23)(H,21,22)/t15-/m0/s1. The minimum atomic E-state index is -0.798. The Morgan fingerprint density at radius 2 is 1.67 bits per heavy atom. The molecule has 0 unspecified atom stereocenters. The van der Waals surface area contributed by atoms with Gasteiger partial charge in [-0.3, -0.25) is 19.2 Å². The number of rotatable bonds is 8. The van der Waals surface area contributed by atoms with Gasteiger partial charge in [-0.05, 0) is 0 Å². The van der Waals surface area contributed by atoms with Gasteiger partial charge in [0, 0.05) is 36.0 Å². The van der Waals surface area contributed by atoms with Gasteiger partial charge in [0.1, 0.15) is 6.04 Å². The third-order valence-corrected chi connectivity index (χ3v) is 5.61. The number of carbonyl (C=O) groups excluding carboxylic acids is 4. The first-order chi connectivity index (χ1) is 12.6. The maximum Gasteiger partial charge on any atom is 0.243 e. The van der Waals surface area contributed by atoms with Gasteiger partial charge >= 0.3 is 0 Å². The fraction of sp³-hybridized carbons (Fsp3) is 0.474. The van der Waals surface area contributed by atoms with E-state index in [2.05, 4.69) is 10.6 Å². The molecule has 2 N–H and O–H groups in total. The van der Waals surface area contributed by atoms with Gasteiger partial charge in [-0.25, -0.2) is 0 Å². The number of hydrogen-bond donors (Lipinski definition) is 2. The molecule has 27 heavy (non-hydrogen) atoms. The highest BCUT2D eigenvalue weighted by Gasteiger charge is 2.26. The maximum atomic E-state index is 12.3. The Morgan fingerprint density at radius 3 is 2.22 bits per heavy atom. The molecule has 8 heteroatoms. The van der Waals surface area contributed by atoms with Crippen LogP contribution in [0.4, 0.5) is 0 Å². The van der Waals surface area contributed by atoms with Crippen LogP contribution in [0, 0.1) is 5.41 Å². The molecule has 148 valence electrons. The zero-order chi connectivity index (χ0) is 20.4. The Balaban J connectivity index is 2.45. The third-order valence-electron chi connectivity index (χ3n) is 3.33. The fourth-order valence-electron chi connectivity index (χ4n) is 1.90. The van der Waals surface area contributed by atoms with E-state index in [4.69, 9.17) is 0 Å². The summed E-state index contributed by atoms with van der Waals surface area (Å²) < 4.78 is 0. The predicted octanol–water partition coefficient (Wildman–Crippen LogP) is 2.49. The summed E-state index contributed by atoms with van der Waals surface area (Å²) >= 11 is 2.15. The minimum absolute atomic E-state index is 0.0466. The van der Waals surface area contributed by atoms with E-state index >= 15 is 0 Å². The van der Waals surface area contributed by atoms with Crippen molar-refractivity contribution < 1.29 is 19.2 Å². The molecule has 1 aromatic rings. The average molecular weight is 411 g/mol. The number of benzene rings is 1. The molecule has 0 bridgehead atoms. The first kappa shape index (κ1) is 23.2. The summed E-state index contributed by atoms with van der Waals surface area (Å²) in [6, 6.07) is 8.11. The maximum absolute atomic E-state index is 12.3. The molecule has 1 rings (SSSR count). The van der Waals surface area contributed by atoms with Crippen LogP contribution in [-0.2, 0) is 14.4 Å². The lowest BCUT2D eigenvalue weighted by atomic mass is 10.00. The molecule has 0 spiro atoms. The largest absolute Gasteiger partial charge is 0.353 e. The molecule has 0 radical (unpaired) electrons. The number of nitrogens with one attached hydrogen (secondary N) is 2. The Hall–Kier alpha value is -1.80. The third kappa shape index (κ3) is 9.10. The summed E-state index contributed by atoms with van der Waals surface area (Å²) in [5.41, 5.74) is 0.0955. The molecule has 0 saturated carbocycles. The molecule has 0 aliphatic heterocycles. The molecule has 0 saturated heterocycles. The van der Waals surface area contributed by atoms with E-state index in [0.717, 1.165) is 23.5 Å². The quantitative estimate of drug-likeness (QED) is 0.640. The van der Waals surface area contributed by atoms with Crippen LogP contribution in [0.25, 0.3) is 0 Å². The number of carbonyl (C=O) groups is 4. The van der Waals surface area contributed by atoms with Crippen LogP contribution in [0.15, 0.2) is 30.3 Å². The van der Waals surface area contributed by atoms with Gasteiger partial charge in [-0.1, -0.05) is 74.6 Å². The van der Waals surface area contributed by atoms with Crippen molar-refractivity contribution in [2.24, 2.45) is 5.41 Å². The highest BCUT2D eigenvalue weighted by Crippen LogP contribution is 2.23. The molecule has 0 aromatic heterocycles. The van der Waals surface area contributed by atoms with E-state index in [1.54, 1.807) is 45.0 Å². The smallest absolute Gasteiger partial charge is 0.243 e. The topological polar surface area (TPSA) is 92.3 Å². The van der Waals surface area contributed by atoms with Crippen LogP contribution in [-0.4, -0.2) is 46.1 Å². The van der Waals surface area contributed by atoms with Gasteiger partial charge in [0.15, 0.2) is 5.12 Å². The molecule has 1 atom stereocenters. The molecule has 0 fully saturated rings. The van der Waals surface area contributed by atoms with E-state index in [-0.39, 0.29) is 34.3 Å². The predicted molar refractivity (Wildman–Crippen MR) is 111 cm³/mol. The highest BCUT2D eigenvalue weighted by molar-refractivity contribution is 8.14. The van der Waals surface area contributed by atoms with Crippen molar-refractivity contribution in [3.05, 3.63) is 35.9 Å². The number of amides is 2. The Labute approximate surface area is 168 Å². The molecule has 1 aromatic carbocycles. The van der Waals surface area contributed by atoms with Crippen LogP contribution in [0.3, 0.4) is 0 Å². The second kappa shape index (κ2) is 11.1. The van der Waals surface area contributed by atoms with Crippen LogP contribution in [0.5, 0.6) is 0 Å². The van der Waals surface area contributed by atoms with Crippen molar-refractivity contribution in [2.75, 3.05) is 18.1 Å². The van der Waals surface area contributed by atoms with Crippen molar-refractivity contribution in [1.82, 2.24) is 10.6 Å². The Bertz CT molecular complexity index is 672. The summed E-state index contributed by atoms with van der Waals surface area (Å²) in [7, 11) is 0. The van der Waals surface area contributed by atoms with Crippen molar-refractivity contribution in [2.45, 2.75) is 33.7 Å². The van der Waals surface area contributed by atoms with Gasteiger partial charge in [0.2, 0.25) is 16.9 Å². The first-order valence-corrected chi connectivity index (χ1v) is 10.5. The lowest BCUT2D eigenvalue weighted by Gasteiger charge is -2.20. The SMILES string of the molecule is CC(=O)N[C@@H](CSC(=O)C(C)(C)C)C(=O)NCCSC(=O)c1ccccc1. The van der Waals surface area contributed by atoms with Crippen LogP contribution >= 0.6 is 23.5 Å². The van der Waals surface area contributed by atoms with Gasteiger partial charge in [0.05, 0.1) is 0 Å². The summed E-state index contributed by atoms with van der Waals surface area (Å²) in [5.74, 6) is -0.127. The molecule has 0 aliphatic rings. The monoisotopic (exact) mass is 410 g/mol. The average Bonchev–Trinajstić information content (AvgIpc) is 2.61. The molecular weight excluding hydrogens is 384 g/mol. The zero-order valence-electron chi connectivity index (χ0n) is 16.0.